The van der Waals surface area contributed by atoms with Crippen LogP contribution in [0.5, 0.6) is 0 Å². The van der Waals surface area contributed by atoms with Gasteiger partial charge in [-0.3, -0.25) is 4.79 Å². The Morgan fingerprint density at radius 1 is 1.29 bits per heavy atom. The van der Waals surface area contributed by atoms with Crippen LogP contribution in [0.2, 0.25) is 0 Å². The Kier molecular flexibility index (Phi) is 5.16. The van der Waals surface area contributed by atoms with Crippen molar-refractivity contribution >= 4 is 5.91 Å². The molecular weight excluding hydrogens is 212 g/mol. The Bertz CT molecular complexity index is 350. The molecule has 0 aromatic heterocycles. The Hall–Kier alpha value is -1.35. The van der Waals surface area contributed by atoms with Gasteiger partial charge in [0.25, 0.3) is 0 Å². The number of hydrogen-bond donors (Lipinski definition) is 1. The minimum absolute atomic E-state index is 0.00745. The van der Waals surface area contributed by atoms with Crippen molar-refractivity contribution in [2.24, 2.45) is 5.73 Å². The number of rotatable bonds is 5. The zero-order chi connectivity index (χ0) is 12.8. The van der Waals surface area contributed by atoms with Gasteiger partial charge in [0.1, 0.15) is 6.04 Å². The average molecular weight is 234 g/mol. The van der Waals surface area contributed by atoms with E-state index in [1.165, 1.54) is 0 Å². The van der Waals surface area contributed by atoms with Crippen molar-refractivity contribution in [2.45, 2.75) is 39.3 Å². The lowest BCUT2D eigenvalue weighted by Crippen LogP contribution is -2.43. The fourth-order valence-electron chi connectivity index (χ4n) is 1.89. The maximum Gasteiger partial charge on any atom is 0.244 e. The molecule has 2 N–H and O–H groups in total. The second kappa shape index (κ2) is 6.40. The summed E-state index contributed by atoms with van der Waals surface area (Å²) in [6.45, 7) is 6.82. The molecule has 0 aliphatic heterocycles. The number of amides is 1. The first-order valence-electron chi connectivity index (χ1n) is 6.22. The smallest absolute Gasteiger partial charge is 0.244 e. The molecule has 3 nitrogen and oxygen atoms in total. The second-order valence-corrected chi connectivity index (χ2v) is 4.27. The molecule has 0 spiro atoms. The SMILES string of the molecule is CCC(C)N(CC)C(=O)C(N)c1ccccc1. The standard InChI is InChI=1S/C14H22N2O/c1-4-11(3)16(5-2)14(17)13(15)12-9-7-6-8-10-12/h6-11,13H,4-5,15H2,1-3H3. The van der Waals surface area contributed by atoms with Crippen LogP contribution in [0.4, 0.5) is 0 Å². The molecule has 94 valence electrons. The molecule has 1 aromatic rings. The molecule has 0 aliphatic carbocycles. The topological polar surface area (TPSA) is 46.3 Å². The van der Waals surface area contributed by atoms with Crippen LogP contribution in [-0.4, -0.2) is 23.4 Å². The Morgan fingerprint density at radius 3 is 2.35 bits per heavy atom. The van der Waals surface area contributed by atoms with Crippen molar-refractivity contribution in [3.8, 4) is 0 Å². The van der Waals surface area contributed by atoms with Crippen molar-refractivity contribution in [3.63, 3.8) is 0 Å². The summed E-state index contributed by atoms with van der Waals surface area (Å²) >= 11 is 0. The lowest BCUT2D eigenvalue weighted by Gasteiger charge is -2.29. The summed E-state index contributed by atoms with van der Waals surface area (Å²) in [5, 5.41) is 0. The summed E-state index contributed by atoms with van der Waals surface area (Å²) in [4.78, 5) is 14.1. The van der Waals surface area contributed by atoms with Crippen molar-refractivity contribution in [2.75, 3.05) is 6.54 Å². The number of carbonyl (C=O) groups excluding carboxylic acids is 1. The molecule has 0 aliphatic rings. The zero-order valence-electron chi connectivity index (χ0n) is 10.9. The molecule has 0 saturated carbocycles. The van der Waals surface area contributed by atoms with E-state index >= 15 is 0 Å². The van der Waals surface area contributed by atoms with Gasteiger partial charge in [-0.15, -0.1) is 0 Å². The minimum atomic E-state index is -0.551. The first-order chi connectivity index (χ1) is 8.11. The lowest BCUT2D eigenvalue weighted by atomic mass is 10.1. The van der Waals surface area contributed by atoms with E-state index in [4.69, 9.17) is 5.73 Å². The van der Waals surface area contributed by atoms with Crippen LogP contribution in [0.3, 0.4) is 0 Å². The third kappa shape index (κ3) is 3.30. The number of nitrogens with two attached hydrogens (primary N) is 1. The number of benzene rings is 1. The van der Waals surface area contributed by atoms with E-state index < -0.39 is 6.04 Å². The highest BCUT2D eigenvalue weighted by molar-refractivity contribution is 5.83. The molecule has 17 heavy (non-hydrogen) atoms. The number of likely N-dealkylation sites (N-methyl/N-ethyl adjacent to an activating group) is 1. The summed E-state index contributed by atoms with van der Waals surface area (Å²) in [6, 6.07) is 9.21. The van der Waals surface area contributed by atoms with Gasteiger partial charge in [0, 0.05) is 12.6 Å². The lowest BCUT2D eigenvalue weighted by molar-refractivity contribution is -0.134. The summed E-state index contributed by atoms with van der Waals surface area (Å²) < 4.78 is 0. The normalized spacial score (nSPS) is 14.1. The van der Waals surface area contributed by atoms with E-state index in [-0.39, 0.29) is 11.9 Å². The molecule has 1 amide bonds. The first-order valence-corrected chi connectivity index (χ1v) is 6.22. The van der Waals surface area contributed by atoms with Gasteiger partial charge in [-0.05, 0) is 25.8 Å². The molecule has 1 rings (SSSR count). The van der Waals surface area contributed by atoms with Gasteiger partial charge in [0.2, 0.25) is 5.91 Å². The minimum Gasteiger partial charge on any atom is -0.339 e. The van der Waals surface area contributed by atoms with Crippen LogP contribution in [0.1, 0.15) is 38.8 Å². The molecule has 0 saturated heterocycles. The van der Waals surface area contributed by atoms with Crippen molar-refractivity contribution < 1.29 is 4.79 Å². The zero-order valence-corrected chi connectivity index (χ0v) is 10.9. The van der Waals surface area contributed by atoms with Gasteiger partial charge in [0.15, 0.2) is 0 Å². The Morgan fingerprint density at radius 2 is 1.88 bits per heavy atom. The van der Waals surface area contributed by atoms with Gasteiger partial charge in [-0.1, -0.05) is 37.3 Å². The molecule has 0 bridgehead atoms. The van der Waals surface area contributed by atoms with Crippen molar-refractivity contribution in [1.82, 2.24) is 4.90 Å². The van der Waals surface area contributed by atoms with Gasteiger partial charge >= 0.3 is 0 Å². The largest absolute Gasteiger partial charge is 0.339 e. The summed E-state index contributed by atoms with van der Waals surface area (Å²) in [5.74, 6) is 0.00745. The highest BCUT2D eigenvalue weighted by atomic mass is 16.2. The average Bonchev–Trinajstić information content (AvgIpc) is 2.39. The maximum atomic E-state index is 12.3. The monoisotopic (exact) mass is 234 g/mol. The summed E-state index contributed by atoms with van der Waals surface area (Å²) in [7, 11) is 0. The number of nitrogens with zero attached hydrogens (tertiary/aromatic N) is 1. The fourth-order valence-corrected chi connectivity index (χ4v) is 1.89. The molecule has 0 fully saturated rings. The third-order valence-corrected chi connectivity index (χ3v) is 3.17. The fraction of sp³-hybridized carbons (Fsp3) is 0.500. The molecule has 2 atom stereocenters. The number of carbonyl (C=O) groups is 1. The highest BCUT2D eigenvalue weighted by Gasteiger charge is 2.23. The van der Waals surface area contributed by atoms with Crippen molar-refractivity contribution in [1.29, 1.82) is 0 Å². The van der Waals surface area contributed by atoms with E-state index in [9.17, 15) is 4.79 Å². The summed E-state index contributed by atoms with van der Waals surface area (Å²) in [5.41, 5.74) is 6.89. The van der Waals surface area contributed by atoms with Crippen LogP contribution < -0.4 is 5.73 Å². The van der Waals surface area contributed by atoms with E-state index in [1.807, 2.05) is 42.2 Å². The molecule has 0 heterocycles. The van der Waals surface area contributed by atoms with Gasteiger partial charge in [-0.25, -0.2) is 0 Å². The second-order valence-electron chi connectivity index (χ2n) is 4.27. The predicted molar refractivity (Wildman–Crippen MR) is 70.5 cm³/mol. The molecule has 2 unspecified atom stereocenters. The van der Waals surface area contributed by atoms with Gasteiger partial charge in [-0.2, -0.15) is 0 Å². The van der Waals surface area contributed by atoms with Crippen LogP contribution in [0.15, 0.2) is 30.3 Å². The van der Waals surface area contributed by atoms with Crippen LogP contribution in [-0.2, 0) is 4.79 Å². The molecule has 0 radical (unpaired) electrons. The highest BCUT2D eigenvalue weighted by Crippen LogP contribution is 2.15. The Labute approximate surface area is 104 Å². The van der Waals surface area contributed by atoms with Crippen LogP contribution in [0.25, 0.3) is 0 Å². The Balaban J connectivity index is 2.81. The van der Waals surface area contributed by atoms with E-state index in [0.717, 1.165) is 12.0 Å². The first kappa shape index (κ1) is 13.7. The van der Waals surface area contributed by atoms with E-state index in [1.54, 1.807) is 0 Å². The number of hydrogen-bond acceptors (Lipinski definition) is 2. The summed E-state index contributed by atoms with van der Waals surface area (Å²) in [6.07, 6.45) is 0.946. The van der Waals surface area contributed by atoms with Gasteiger partial charge < -0.3 is 10.6 Å². The maximum absolute atomic E-state index is 12.3. The molecule has 3 heteroatoms. The van der Waals surface area contributed by atoms with Crippen molar-refractivity contribution in [3.05, 3.63) is 35.9 Å². The van der Waals surface area contributed by atoms with E-state index in [2.05, 4.69) is 13.8 Å². The quantitative estimate of drug-likeness (QED) is 0.850. The van der Waals surface area contributed by atoms with Crippen LogP contribution in [0, 0.1) is 0 Å². The predicted octanol–water partition coefficient (Wildman–Crippen LogP) is 2.33. The molecular formula is C14H22N2O. The molecule has 1 aromatic carbocycles. The van der Waals surface area contributed by atoms with E-state index in [0.29, 0.717) is 6.54 Å². The van der Waals surface area contributed by atoms with Gasteiger partial charge in [0.05, 0.1) is 0 Å². The third-order valence-electron chi connectivity index (χ3n) is 3.17. The van der Waals surface area contributed by atoms with Crippen LogP contribution >= 0.6 is 0 Å².